The van der Waals surface area contributed by atoms with Gasteiger partial charge in [-0.05, 0) is 36.3 Å². The predicted octanol–water partition coefficient (Wildman–Crippen LogP) is 3.75. The Bertz CT molecular complexity index is 308. The summed E-state index contributed by atoms with van der Waals surface area (Å²) in [5, 5.41) is 0. The monoisotopic (exact) mass is 172 g/mol. The summed E-state index contributed by atoms with van der Waals surface area (Å²) >= 11 is 0. The highest BCUT2D eigenvalue weighted by atomic mass is 14.3. The van der Waals surface area contributed by atoms with Crippen molar-refractivity contribution in [3.8, 4) is 0 Å². The highest BCUT2D eigenvalue weighted by Crippen LogP contribution is 2.40. The Hall–Kier alpha value is -1.04. The summed E-state index contributed by atoms with van der Waals surface area (Å²) in [4.78, 5) is 0. The van der Waals surface area contributed by atoms with E-state index in [4.69, 9.17) is 0 Å². The summed E-state index contributed by atoms with van der Waals surface area (Å²) < 4.78 is 0. The first-order valence-corrected chi connectivity index (χ1v) is 5.01. The summed E-state index contributed by atoms with van der Waals surface area (Å²) in [6.07, 6.45) is 3.80. The van der Waals surface area contributed by atoms with Crippen molar-refractivity contribution in [2.45, 2.75) is 20.3 Å². The minimum Gasteiger partial charge on any atom is -0.0776 e. The van der Waals surface area contributed by atoms with Crippen molar-refractivity contribution < 1.29 is 0 Å². The summed E-state index contributed by atoms with van der Waals surface area (Å²) in [6, 6.07) is 10.6. The van der Waals surface area contributed by atoms with Gasteiger partial charge < -0.3 is 0 Å². The number of hydrogen-bond donors (Lipinski definition) is 0. The van der Waals surface area contributed by atoms with Gasteiger partial charge in [-0.15, -0.1) is 0 Å². The minimum absolute atomic E-state index is 0.847. The molecule has 1 aliphatic carbocycles. The lowest BCUT2D eigenvalue weighted by Crippen LogP contribution is -1.79. The first kappa shape index (κ1) is 8.55. The van der Waals surface area contributed by atoms with Crippen molar-refractivity contribution in [3.05, 3.63) is 42.0 Å². The molecule has 0 spiro atoms. The Kier molecular flexibility index (Phi) is 2.22. The van der Waals surface area contributed by atoms with Crippen molar-refractivity contribution in [2.75, 3.05) is 0 Å². The van der Waals surface area contributed by atoms with E-state index in [9.17, 15) is 0 Å². The molecule has 0 radical (unpaired) electrons. The molecule has 0 aliphatic heterocycles. The molecule has 1 saturated carbocycles. The van der Waals surface area contributed by atoms with Crippen LogP contribution in [0.3, 0.4) is 0 Å². The van der Waals surface area contributed by atoms with Crippen LogP contribution in [0.25, 0.3) is 5.57 Å². The van der Waals surface area contributed by atoms with Gasteiger partial charge in [-0.25, -0.2) is 0 Å². The molecule has 2 unspecified atom stereocenters. The molecule has 0 aromatic heterocycles. The summed E-state index contributed by atoms with van der Waals surface area (Å²) in [6.45, 7) is 4.53. The van der Waals surface area contributed by atoms with Gasteiger partial charge in [0.25, 0.3) is 0 Å². The first-order valence-electron chi connectivity index (χ1n) is 5.01. The zero-order chi connectivity index (χ0) is 9.26. The lowest BCUT2D eigenvalue weighted by Gasteiger charge is -1.99. The van der Waals surface area contributed by atoms with E-state index in [-0.39, 0.29) is 0 Å². The third-order valence-corrected chi connectivity index (χ3v) is 2.86. The zero-order valence-electron chi connectivity index (χ0n) is 8.33. The lowest BCUT2D eigenvalue weighted by atomic mass is 10.1. The van der Waals surface area contributed by atoms with E-state index in [2.05, 4.69) is 50.3 Å². The molecule has 1 aromatic carbocycles. The zero-order valence-corrected chi connectivity index (χ0v) is 8.33. The number of benzene rings is 1. The number of allylic oxidation sites excluding steroid dienone is 2. The molecule has 0 saturated heterocycles. The molecule has 1 fully saturated rings. The standard InChI is InChI=1S/C13H16/c1-10(8-13-9-11(13)2)12-6-4-3-5-7-12/h3-8,11,13H,9H2,1-2H3/b10-8+. The maximum absolute atomic E-state index is 2.42. The largest absolute Gasteiger partial charge is 0.0776 e. The Morgan fingerprint density at radius 1 is 1.31 bits per heavy atom. The molecule has 2 rings (SSSR count). The average Bonchev–Trinajstić information content (AvgIpc) is 2.83. The van der Waals surface area contributed by atoms with Crippen LogP contribution >= 0.6 is 0 Å². The number of hydrogen-bond acceptors (Lipinski definition) is 0. The van der Waals surface area contributed by atoms with Gasteiger partial charge in [0.15, 0.2) is 0 Å². The fourth-order valence-corrected chi connectivity index (χ4v) is 1.70. The Morgan fingerprint density at radius 2 is 1.92 bits per heavy atom. The summed E-state index contributed by atoms with van der Waals surface area (Å²) in [7, 11) is 0. The molecule has 1 aliphatic rings. The maximum Gasteiger partial charge on any atom is -0.0199 e. The molecule has 0 amide bonds. The third kappa shape index (κ3) is 2.00. The van der Waals surface area contributed by atoms with Gasteiger partial charge in [-0.2, -0.15) is 0 Å². The van der Waals surface area contributed by atoms with Crippen LogP contribution in [0.4, 0.5) is 0 Å². The van der Waals surface area contributed by atoms with E-state index >= 15 is 0 Å². The van der Waals surface area contributed by atoms with Crippen LogP contribution in [-0.2, 0) is 0 Å². The second-order valence-electron chi connectivity index (χ2n) is 4.09. The SMILES string of the molecule is C/C(=C\C1CC1C)c1ccccc1. The Morgan fingerprint density at radius 3 is 2.46 bits per heavy atom. The van der Waals surface area contributed by atoms with Crippen LogP contribution in [0, 0.1) is 11.8 Å². The number of rotatable bonds is 2. The van der Waals surface area contributed by atoms with Gasteiger partial charge in [0.2, 0.25) is 0 Å². The van der Waals surface area contributed by atoms with Crippen molar-refractivity contribution in [2.24, 2.45) is 11.8 Å². The first-order chi connectivity index (χ1) is 6.27. The van der Waals surface area contributed by atoms with Gasteiger partial charge in [0.1, 0.15) is 0 Å². The van der Waals surface area contributed by atoms with Gasteiger partial charge in [-0.3, -0.25) is 0 Å². The van der Waals surface area contributed by atoms with E-state index < -0.39 is 0 Å². The van der Waals surface area contributed by atoms with Gasteiger partial charge in [0, 0.05) is 0 Å². The molecule has 0 bridgehead atoms. The van der Waals surface area contributed by atoms with Gasteiger partial charge in [-0.1, -0.05) is 43.3 Å². The molecule has 0 heterocycles. The minimum atomic E-state index is 0.847. The van der Waals surface area contributed by atoms with E-state index in [0.717, 1.165) is 11.8 Å². The van der Waals surface area contributed by atoms with E-state index in [1.165, 1.54) is 17.6 Å². The lowest BCUT2D eigenvalue weighted by molar-refractivity contribution is 0.899. The maximum atomic E-state index is 2.42. The highest BCUT2D eigenvalue weighted by Gasteiger charge is 2.30. The highest BCUT2D eigenvalue weighted by molar-refractivity contribution is 5.64. The van der Waals surface area contributed by atoms with Crippen LogP contribution in [0.5, 0.6) is 0 Å². The molecule has 1 aromatic rings. The normalized spacial score (nSPS) is 27.4. The van der Waals surface area contributed by atoms with Crippen LogP contribution in [0.15, 0.2) is 36.4 Å². The quantitative estimate of drug-likeness (QED) is 0.637. The second-order valence-corrected chi connectivity index (χ2v) is 4.09. The smallest absolute Gasteiger partial charge is 0.0199 e. The van der Waals surface area contributed by atoms with Gasteiger partial charge in [0.05, 0.1) is 0 Å². The molecule has 13 heavy (non-hydrogen) atoms. The van der Waals surface area contributed by atoms with Crippen molar-refractivity contribution in [1.82, 2.24) is 0 Å². The molecule has 0 N–H and O–H groups in total. The average molecular weight is 172 g/mol. The van der Waals surface area contributed by atoms with Gasteiger partial charge >= 0.3 is 0 Å². The van der Waals surface area contributed by atoms with Crippen LogP contribution in [0.1, 0.15) is 25.8 Å². The van der Waals surface area contributed by atoms with Crippen molar-refractivity contribution in [3.63, 3.8) is 0 Å². The van der Waals surface area contributed by atoms with Crippen molar-refractivity contribution >= 4 is 5.57 Å². The molecule has 2 atom stereocenters. The Labute approximate surface area is 80.3 Å². The summed E-state index contributed by atoms with van der Waals surface area (Å²) in [5.41, 5.74) is 2.79. The fraction of sp³-hybridized carbons (Fsp3) is 0.385. The topological polar surface area (TPSA) is 0 Å². The molecule has 0 nitrogen and oxygen atoms in total. The van der Waals surface area contributed by atoms with Crippen LogP contribution in [-0.4, -0.2) is 0 Å². The van der Waals surface area contributed by atoms with Crippen LogP contribution < -0.4 is 0 Å². The molecule has 0 heteroatoms. The van der Waals surface area contributed by atoms with Crippen molar-refractivity contribution in [1.29, 1.82) is 0 Å². The predicted molar refractivity (Wildman–Crippen MR) is 57.4 cm³/mol. The third-order valence-electron chi connectivity index (χ3n) is 2.86. The molecule has 68 valence electrons. The fourth-order valence-electron chi connectivity index (χ4n) is 1.70. The van der Waals surface area contributed by atoms with E-state index in [1.54, 1.807) is 0 Å². The van der Waals surface area contributed by atoms with Crippen LogP contribution in [0.2, 0.25) is 0 Å². The molecular formula is C13H16. The second kappa shape index (κ2) is 3.37. The Balaban J connectivity index is 2.13. The van der Waals surface area contributed by atoms with E-state index in [0.29, 0.717) is 0 Å². The summed E-state index contributed by atoms with van der Waals surface area (Å²) in [5.74, 6) is 1.76. The van der Waals surface area contributed by atoms with E-state index in [1.807, 2.05) is 0 Å². The molecular weight excluding hydrogens is 156 g/mol.